The van der Waals surface area contributed by atoms with Gasteiger partial charge in [0.1, 0.15) is 5.82 Å². The second-order valence-corrected chi connectivity index (χ2v) is 6.15. The summed E-state index contributed by atoms with van der Waals surface area (Å²) in [5.74, 6) is -1.27. The Balaban J connectivity index is 2.03. The molecule has 1 aromatic carbocycles. The van der Waals surface area contributed by atoms with Crippen molar-refractivity contribution in [1.29, 1.82) is 0 Å². The van der Waals surface area contributed by atoms with Crippen LogP contribution in [0.4, 0.5) is 5.82 Å². The van der Waals surface area contributed by atoms with Crippen LogP contribution in [0.1, 0.15) is 10.4 Å². The van der Waals surface area contributed by atoms with Crippen molar-refractivity contribution in [2.45, 2.75) is 0 Å². The molecule has 0 bridgehead atoms. The molecule has 1 aromatic heterocycles. The summed E-state index contributed by atoms with van der Waals surface area (Å²) in [5.41, 5.74) is -0.798. The summed E-state index contributed by atoms with van der Waals surface area (Å²) in [6.07, 6.45) is 0. The lowest BCUT2D eigenvalue weighted by molar-refractivity contribution is -0.119. The van der Waals surface area contributed by atoms with Crippen molar-refractivity contribution in [3.8, 4) is 0 Å². The van der Waals surface area contributed by atoms with E-state index in [0.29, 0.717) is 5.56 Å². The maximum absolute atomic E-state index is 11.9. The Morgan fingerprint density at radius 3 is 2.54 bits per heavy atom. The quantitative estimate of drug-likeness (QED) is 0.548. The monoisotopic (exact) mass is 443 g/mol. The normalized spacial score (nSPS) is 10.3. The fourth-order valence-corrected chi connectivity index (χ4v) is 2.40. The molecular weight excluding hydrogens is 429 g/mol. The molecule has 24 heavy (non-hydrogen) atoms. The Morgan fingerprint density at radius 1 is 1.17 bits per heavy atom. The van der Waals surface area contributed by atoms with Gasteiger partial charge < -0.3 is 10.1 Å². The van der Waals surface area contributed by atoms with Gasteiger partial charge in [0, 0.05) is 23.7 Å². The Kier molecular flexibility index (Phi) is 5.54. The number of halogens is 1. The first-order valence-electron chi connectivity index (χ1n) is 6.79. The summed E-state index contributed by atoms with van der Waals surface area (Å²) in [7, 11) is 2.74. The minimum absolute atomic E-state index is 0.0263. The van der Waals surface area contributed by atoms with E-state index in [1.807, 2.05) is 6.07 Å². The first kappa shape index (κ1) is 17.9. The van der Waals surface area contributed by atoms with Gasteiger partial charge in [0.05, 0.1) is 5.56 Å². The fourth-order valence-electron chi connectivity index (χ4n) is 1.86. The van der Waals surface area contributed by atoms with E-state index in [-0.39, 0.29) is 5.82 Å². The molecule has 0 aliphatic carbocycles. The molecule has 0 saturated carbocycles. The smallest absolute Gasteiger partial charge is 0.338 e. The van der Waals surface area contributed by atoms with E-state index in [0.717, 1.165) is 18.8 Å². The van der Waals surface area contributed by atoms with Crippen LogP contribution in [-0.4, -0.2) is 27.6 Å². The molecule has 2 aromatic rings. The number of ether oxygens (including phenoxy) is 1. The summed E-state index contributed by atoms with van der Waals surface area (Å²) in [4.78, 5) is 47.1. The highest BCUT2D eigenvalue weighted by atomic mass is 127. The van der Waals surface area contributed by atoms with Crippen LogP contribution >= 0.6 is 22.6 Å². The van der Waals surface area contributed by atoms with Crippen molar-refractivity contribution in [2.75, 3.05) is 11.9 Å². The molecule has 0 unspecified atom stereocenters. The second kappa shape index (κ2) is 7.43. The molecular formula is C15H14IN3O5. The third-order valence-electron chi connectivity index (χ3n) is 3.19. The zero-order chi connectivity index (χ0) is 17.9. The molecule has 1 heterocycles. The number of nitrogens with one attached hydrogen (secondary N) is 1. The third-order valence-corrected chi connectivity index (χ3v) is 3.86. The van der Waals surface area contributed by atoms with Gasteiger partial charge >= 0.3 is 11.7 Å². The zero-order valence-electron chi connectivity index (χ0n) is 12.9. The summed E-state index contributed by atoms with van der Waals surface area (Å²) in [6.45, 7) is -0.534. The van der Waals surface area contributed by atoms with Crippen LogP contribution in [-0.2, 0) is 23.6 Å². The van der Waals surface area contributed by atoms with Gasteiger partial charge in [-0.05, 0) is 40.8 Å². The number of rotatable bonds is 4. The second-order valence-electron chi connectivity index (χ2n) is 4.90. The van der Waals surface area contributed by atoms with Crippen LogP contribution in [0, 0.1) is 3.57 Å². The number of amides is 1. The van der Waals surface area contributed by atoms with Gasteiger partial charge in [-0.2, -0.15) is 0 Å². The van der Waals surface area contributed by atoms with E-state index in [1.165, 1.54) is 14.1 Å². The highest BCUT2D eigenvalue weighted by Crippen LogP contribution is 2.09. The van der Waals surface area contributed by atoms with Crippen molar-refractivity contribution < 1.29 is 14.3 Å². The van der Waals surface area contributed by atoms with E-state index < -0.39 is 29.7 Å². The Morgan fingerprint density at radius 2 is 1.88 bits per heavy atom. The molecule has 0 aliphatic heterocycles. The fraction of sp³-hybridized carbons (Fsp3) is 0.200. The topological polar surface area (TPSA) is 99.4 Å². The standard InChI is InChI=1S/C15H14IN3O5/c1-18-11(7-13(21)19(2)15(18)23)17-12(20)8-24-14(22)9-4-3-5-10(16)6-9/h3-7H,8H2,1-2H3,(H,17,20). The molecule has 2 rings (SSSR count). The summed E-state index contributed by atoms with van der Waals surface area (Å²) >= 11 is 2.06. The maximum atomic E-state index is 11.9. The number of esters is 1. The molecule has 0 spiro atoms. The summed E-state index contributed by atoms with van der Waals surface area (Å²) in [6, 6.07) is 7.84. The van der Waals surface area contributed by atoms with Crippen LogP contribution in [0.2, 0.25) is 0 Å². The first-order chi connectivity index (χ1) is 11.3. The van der Waals surface area contributed by atoms with E-state index in [1.54, 1.807) is 18.2 Å². The lowest BCUT2D eigenvalue weighted by Crippen LogP contribution is -2.38. The maximum Gasteiger partial charge on any atom is 0.338 e. The minimum atomic E-state index is -0.655. The molecule has 0 fully saturated rings. The van der Waals surface area contributed by atoms with Gasteiger partial charge in [0.2, 0.25) is 0 Å². The van der Waals surface area contributed by atoms with Crippen LogP contribution in [0.25, 0.3) is 0 Å². The highest BCUT2D eigenvalue weighted by molar-refractivity contribution is 14.1. The van der Waals surface area contributed by atoms with Crippen molar-refractivity contribution in [2.24, 2.45) is 14.1 Å². The molecule has 0 aliphatic rings. The number of benzene rings is 1. The minimum Gasteiger partial charge on any atom is -0.452 e. The Hall–Kier alpha value is -2.43. The van der Waals surface area contributed by atoms with Crippen molar-refractivity contribution in [1.82, 2.24) is 9.13 Å². The number of hydrogen-bond acceptors (Lipinski definition) is 5. The molecule has 1 amide bonds. The lowest BCUT2D eigenvalue weighted by atomic mass is 10.2. The lowest BCUT2D eigenvalue weighted by Gasteiger charge is -2.11. The van der Waals surface area contributed by atoms with Gasteiger partial charge in [-0.15, -0.1) is 0 Å². The Bertz CT molecular complexity index is 916. The highest BCUT2D eigenvalue weighted by Gasteiger charge is 2.13. The summed E-state index contributed by atoms with van der Waals surface area (Å²) in [5, 5.41) is 2.37. The van der Waals surface area contributed by atoms with Gasteiger partial charge in [0.15, 0.2) is 6.61 Å². The predicted molar refractivity (Wildman–Crippen MR) is 95.0 cm³/mol. The van der Waals surface area contributed by atoms with E-state index in [9.17, 15) is 19.2 Å². The van der Waals surface area contributed by atoms with Gasteiger partial charge in [-0.3, -0.25) is 18.7 Å². The van der Waals surface area contributed by atoms with Crippen LogP contribution in [0.15, 0.2) is 39.9 Å². The van der Waals surface area contributed by atoms with Crippen LogP contribution < -0.4 is 16.6 Å². The van der Waals surface area contributed by atoms with E-state index in [4.69, 9.17) is 4.74 Å². The van der Waals surface area contributed by atoms with E-state index >= 15 is 0 Å². The molecule has 8 nitrogen and oxygen atoms in total. The van der Waals surface area contributed by atoms with Gasteiger partial charge in [0.25, 0.3) is 11.5 Å². The molecule has 0 radical (unpaired) electrons. The van der Waals surface area contributed by atoms with Crippen molar-refractivity contribution in [3.05, 3.63) is 60.3 Å². The number of carbonyl (C=O) groups is 2. The van der Waals surface area contributed by atoms with E-state index in [2.05, 4.69) is 27.9 Å². The molecule has 9 heteroatoms. The number of nitrogens with zero attached hydrogens (tertiary/aromatic N) is 2. The average Bonchev–Trinajstić information content (AvgIpc) is 2.55. The van der Waals surface area contributed by atoms with Gasteiger partial charge in [-0.1, -0.05) is 6.07 Å². The van der Waals surface area contributed by atoms with Gasteiger partial charge in [-0.25, -0.2) is 9.59 Å². The Labute approximate surface area is 150 Å². The third kappa shape index (κ3) is 4.10. The zero-order valence-corrected chi connectivity index (χ0v) is 15.1. The first-order valence-corrected chi connectivity index (χ1v) is 7.87. The average molecular weight is 443 g/mol. The molecule has 126 valence electrons. The summed E-state index contributed by atoms with van der Waals surface area (Å²) < 4.78 is 7.80. The largest absolute Gasteiger partial charge is 0.452 e. The van der Waals surface area contributed by atoms with Crippen LogP contribution in [0.3, 0.4) is 0 Å². The number of aromatic nitrogens is 2. The molecule has 1 N–H and O–H groups in total. The molecule has 0 saturated heterocycles. The SMILES string of the molecule is Cn1c(NC(=O)COC(=O)c2cccc(I)c2)cc(=O)n(C)c1=O. The number of hydrogen-bond donors (Lipinski definition) is 1. The van der Waals surface area contributed by atoms with Crippen molar-refractivity contribution in [3.63, 3.8) is 0 Å². The predicted octanol–water partition coefficient (Wildman–Crippen LogP) is 0.484. The van der Waals surface area contributed by atoms with Crippen molar-refractivity contribution >= 4 is 40.3 Å². The number of anilines is 1. The van der Waals surface area contributed by atoms with Crippen LogP contribution in [0.5, 0.6) is 0 Å². The number of carbonyl (C=O) groups excluding carboxylic acids is 2. The molecule has 0 atom stereocenters.